The number of hydrogen-bond acceptors (Lipinski definition) is 14. The molecule has 2 amide bonds. The fourth-order valence-electron chi connectivity index (χ4n) is 2.07. The van der Waals surface area contributed by atoms with Crippen molar-refractivity contribution in [3.8, 4) is 0 Å². The first kappa shape index (κ1) is 22.2. The van der Waals surface area contributed by atoms with Gasteiger partial charge in [0, 0.05) is 17.4 Å². The van der Waals surface area contributed by atoms with Crippen molar-refractivity contribution in [2.45, 2.75) is 0 Å². The standard InChI is InChI=1S/C13H12N8O9/c22-13(16-14-9-3-1-7(18(23)24)5-11(9)20(27)28)17-15-10-4-2-8(19(25)26)6-12(10)21(29)30/h1-6,14-15,27-28H,(H2,16,17,22)/q-4. The van der Waals surface area contributed by atoms with Crippen LogP contribution in [0.1, 0.15) is 0 Å². The summed E-state index contributed by atoms with van der Waals surface area (Å²) in [6.45, 7) is 0. The van der Waals surface area contributed by atoms with Gasteiger partial charge in [-0.2, -0.15) is 0 Å². The Bertz CT molecular complexity index is 923. The number of nitrogens with zero attached hydrogens (tertiary/aromatic N) is 4. The van der Waals surface area contributed by atoms with Crippen LogP contribution >= 0.6 is 0 Å². The fourth-order valence-corrected chi connectivity index (χ4v) is 2.07. The van der Waals surface area contributed by atoms with E-state index in [1.807, 2.05) is 10.9 Å². The molecule has 17 heteroatoms. The van der Waals surface area contributed by atoms with E-state index in [-0.39, 0.29) is 11.4 Å². The Labute approximate surface area is 166 Å². The second kappa shape index (κ2) is 9.38. The van der Waals surface area contributed by atoms with Crippen LogP contribution in [0.15, 0.2) is 36.4 Å². The molecule has 2 rings (SSSR count). The molecule has 0 aliphatic heterocycles. The third-order valence-corrected chi connectivity index (χ3v) is 3.42. The van der Waals surface area contributed by atoms with Crippen LogP contribution in [0.4, 0.5) is 38.9 Å². The molecule has 0 fully saturated rings. The van der Waals surface area contributed by atoms with Crippen LogP contribution in [0.25, 0.3) is 0 Å². The molecule has 2 aromatic rings. The van der Waals surface area contributed by atoms with Crippen LogP contribution in [-0.2, 0) is 0 Å². The first-order valence-electron chi connectivity index (χ1n) is 7.57. The van der Waals surface area contributed by atoms with Crippen molar-refractivity contribution in [2.75, 3.05) is 26.5 Å². The molecular weight excluding hydrogens is 412 g/mol. The number of carbonyl (C=O) groups excluding carboxylic acids is 1. The van der Waals surface area contributed by atoms with Gasteiger partial charge < -0.3 is 31.3 Å². The number of hydrazine groups is 2. The maximum Gasteiger partial charge on any atom is 0.352 e. The number of anilines is 5. The van der Waals surface area contributed by atoms with Crippen molar-refractivity contribution in [1.82, 2.24) is 10.9 Å². The number of nitrogens with one attached hydrogen (secondary N) is 4. The molecular formula is C13H12N8O9-4. The number of nitro groups is 1. The van der Waals surface area contributed by atoms with Crippen LogP contribution in [0, 0.1) is 30.9 Å². The largest absolute Gasteiger partial charge is 0.769 e. The lowest BCUT2D eigenvalue weighted by Crippen LogP contribution is -2.42. The molecule has 2 aromatic carbocycles. The summed E-state index contributed by atoms with van der Waals surface area (Å²) in [6, 6.07) is 4.56. The summed E-state index contributed by atoms with van der Waals surface area (Å²) < 4.78 is 0. The van der Waals surface area contributed by atoms with E-state index < -0.39 is 49.4 Å². The van der Waals surface area contributed by atoms with Crippen LogP contribution in [-0.4, -0.2) is 21.4 Å². The quantitative estimate of drug-likeness (QED) is 0.259. The highest BCUT2D eigenvalue weighted by atomic mass is 16.8. The highest BCUT2D eigenvalue weighted by Gasteiger charge is 2.15. The number of hydrogen-bond donors (Lipinski definition) is 6. The Hall–Kier alpha value is -4.13. The minimum absolute atomic E-state index is 0.151. The first-order valence-corrected chi connectivity index (χ1v) is 7.57. The lowest BCUT2D eigenvalue weighted by molar-refractivity contribution is -0.383. The van der Waals surface area contributed by atoms with Gasteiger partial charge in [-0.1, -0.05) is 0 Å². The molecule has 0 heterocycles. The normalized spacial score (nSPS) is 10.1. The number of urea groups is 1. The first-order chi connectivity index (χ1) is 14.1. The van der Waals surface area contributed by atoms with Crippen molar-refractivity contribution >= 4 is 40.2 Å². The van der Waals surface area contributed by atoms with Gasteiger partial charge in [-0.25, -0.2) is 10.2 Å². The molecule has 6 N–H and O–H groups in total. The van der Waals surface area contributed by atoms with Crippen molar-refractivity contribution < 1.29 is 20.1 Å². The molecule has 30 heavy (non-hydrogen) atoms. The maximum atomic E-state index is 11.8. The van der Waals surface area contributed by atoms with E-state index >= 15 is 0 Å². The van der Waals surface area contributed by atoms with E-state index in [4.69, 9.17) is 10.4 Å². The summed E-state index contributed by atoms with van der Waals surface area (Å²) in [6.07, 6.45) is 0. The average Bonchev–Trinajstić information content (AvgIpc) is 2.69. The van der Waals surface area contributed by atoms with Gasteiger partial charge in [0.05, 0.1) is 10.6 Å². The highest BCUT2D eigenvalue weighted by molar-refractivity contribution is 5.81. The number of benzene rings is 2. The van der Waals surface area contributed by atoms with Gasteiger partial charge >= 0.3 is 6.03 Å². The Morgan fingerprint density at radius 1 is 0.867 bits per heavy atom. The molecule has 0 saturated heterocycles. The monoisotopic (exact) mass is 424 g/mol. The van der Waals surface area contributed by atoms with Crippen LogP contribution in [0.3, 0.4) is 0 Å². The molecule has 0 aliphatic rings. The lowest BCUT2D eigenvalue weighted by atomic mass is 10.2. The van der Waals surface area contributed by atoms with Gasteiger partial charge in [-0.3, -0.25) is 36.8 Å². The van der Waals surface area contributed by atoms with E-state index in [1.165, 1.54) is 0 Å². The van der Waals surface area contributed by atoms with E-state index in [9.17, 15) is 35.7 Å². The summed E-state index contributed by atoms with van der Waals surface area (Å²) in [5, 5.41) is 70.2. The van der Waals surface area contributed by atoms with Crippen LogP contribution in [0.5, 0.6) is 0 Å². The van der Waals surface area contributed by atoms with Gasteiger partial charge in [-0.15, -0.1) is 5.23 Å². The third-order valence-electron chi connectivity index (χ3n) is 3.42. The second-order valence-electron chi connectivity index (χ2n) is 5.29. The zero-order chi connectivity index (χ0) is 22.4. The molecule has 0 atom stereocenters. The molecule has 0 unspecified atom stereocenters. The lowest BCUT2D eigenvalue weighted by Gasteiger charge is -2.38. The molecule has 0 bridgehead atoms. The Morgan fingerprint density at radius 3 is 1.87 bits per heavy atom. The third kappa shape index (κ3) is 5.45. The Balaban J connectivity index is 2.03. The van der Waals surface area contributed by atoms with E-state index in [0.717, 1.165) is 30.3 Å². The topological polar surface area (TPSA) is 251 Å². The summed E-state index contributed by atoms with van der Waals surface area (Å²) in [5.74, 6) is 0. The van der Waals surface area contributed by atoms with Gasteiger partial charge in [0.2, 0.25) is 0 Å². The molecule has 0 aliphatic carbocycles. The molecule has 17 nitrogen and oxygen atoms in total. The van der Waals surface area contributed by atoms with Crippen molar-refractivity contribution in [2.24, 2.45) is 0 Å². The van der Waals surface area contributed by atoms with Crippen molar-refractivity contribution in [3.05, 3.63) is 67.3 Å². The van der Waals surface area contributed by atoms with Crippen molar-refractivity contribution in [1.29, 1.82) is 0 Å². The molecule has 0 radical (unpaired) electrons. The Morgan fingerprint density at radius 2 is 1.37 bits per heavy atom. The zero-order valence-electron chi connectivity index (χ0n) is 14.5. The van der Waals surface area contributed by atoms with Crippen LogP contribution in [0.2, 0.25) is 0 Å². The van der Waals surface area contributed by atoms with E-state index in [2.05, 4.69) is 10.9 Å². The minimum Gasteiger partial charge on any atom is -0.769 e. The average molecular weight is 424 g/mol. The fraction of sp³-hybridized carbons (Fsp3) is 0. The van der Waals surface area contributed by atoms with Gasteiger partial charge in [0.25, 0.3) is 5.69 Å². The van der Waals surface area contributed by atoms with Crippen molar-refractivity contribution in [3.63, 3.8) is 0 Å². The molecule has 0 spiro atoms. The molecule has 0 saturated carbocycles. The molecule has 0 aromatic heterocycles. The predicted octanol–water partition coefficient (Wildman–Crippen LogP) is 1.44. The smallest absolute Gasteiger partial charge is 0.352 e. The summed E-state index contributed by atoms with van der Waals surface area (Å²) in [4.78, 5) is 22.0. The van der Waals surface area contributed by atoms with E-state index in [0.29, 0.717) is 6.07 Å². The maximum absolute atomic E-state index is 11.8. The SMILES string of the molecule is O=C(NNc1ccc(N([O-])[O-])cc1N(O)O)NNc1ccc(N([O-])[O-])cc1[N+](=O)[O-]. The number of amides is 2. The second-order valence-corrected chi connectivity index (χ2v) is 5.29. The molecule has 162 valence electrons. The summed E-state index contributed by atoms with van der Waals surface area (Å²) in [7, 11) is 0. The summed E-state index contributed by atoms with van der Waals surface area (Å²) in [5.41, 5.74) is 5.95. The summed E-state index contributed by atoms with van der Waals surface area (Å²) >= 11 is 0. The highest BCUT2D eigenvalue weighted by Crippen LogP contribution is 2.29. The van der Waals surface area contributed by atoms with E-state index in [1.54, 1.807) is 0 Å². The Kier molecular flexibility index (Phi) is 6.93. The number of rotatable bonds is 8. The number of carbonyl (C=O) groups is 1. The predicted molar refractivity (Wildman–Crippen MR) is 103 cm³/mol. The van der Waals surface area contributed by atoms with Gasteiger partial charge in [-0.05, 0) is 30.3 Å². The van der Waals surface area contributed by atoms with Gasteiger partial charge in [0.1, 0.15) is 11.4 Å². The van der Waals surface area contributed by atoms with Crippen LogP contribution < -0.4 is 37.4 Å². The minimum atomic E-state index is -1.02. The number of nitro benzene ring substituents is 1. The zero-order valence-corrected chi connectivity index (χ0v) is 14.5. The van der Waals surface area contributed by atoms with Gasteiger partial charge in [0.15, 0.2) is 0 Å².